The first-order chi connectivity index (χ1) is 14.2. The molecule has 5 rings (SSSR count). The lowest BCUT2D eigenvalue weighted by molar-refractivity contribution is 0.100. The number of amides is 1. The number of hydrogen-bond donors (Lipinski definition) is 1. The van der Waals surface area contributed by atoms with Crippen LogP contribution < -0.4 is 5.32 Å². The Morgan fingerprint density at radius 3 is 2.59 bits per heavy atom. The maximum absolute atomic E-state index is 12.7. The second-order valence-corrected chi connectivity index (χ2v) is 8.29. The lowest BCUT2D eigenvalue weighted by atomic mass is 9.89. The van der Waals surface area contributed by atoms with Gasteiger partial charge >= 0.3 is 0 Å². The molecule has 3 heterocycles. The summed E-state index contributed by atoms with van der Waals surface area (Å²) in [7, 11) is 0. The van der Waals surface area contributed by atoms with Gasteiger partial charge in [0.25, 0.3) is 5.91 Å². The van der Waals surface area contributed by atoms with Gasteiger partial charge in [0.1, 0.15) is 5.82 Å². The standard InChI is InChI=1S/C22H22ClN5O/c23-19-9-5-4-6-15(19)11-27-12-16-10-20-25-26-21(28(20)14-17(16)13-27)22(29)24-18-7-2-1-3-8-18/h1-9,16-17H,10-14H2,(H,24,29)/t16-,17-/m1/s1. The van der Waals surface area contributed by atoms with E-state index in [0.29, 0.717) is 17.7 Å². The second-order valence-electron chi connectivity index (χ2n) is 7.88. The van der Waals surface area contributed by atoms with Gasteiger partial charge in [-0.3, -0.25) is 9.69 Å². The summed E-state index contributed by atoms with van der Waals surface area (Å²) < 4.78 is 2.00. The zero-order chi connectivity index (χ0) is 19.8. The normalized spacial score (nSPS) is 20.9. The molecule has 0 unspecified atom stereocenters. The fraction of sp³-hybridized carbons (Fsp3) is 0.318. The second kappa shape index (κ2) is 7.61. The van der Waals surface area contributed by atoms with Gasteiger partial charge in [0.15, 0.2) is 0 Å². The van der Waals surface area contributed by atoms with Crippen molar-refractivity contribution in [2.75, 3.05) is 18.4 Å². The number of carbonyl (C=O) groups is 1. The monoisotopic (exact) mass is 407 g/mol. The number of likely N-dealkylation sites (tertiary alicyclic amines) is 1. The smallest absolute Gasteiger partial charge is 0.293 e. The lowest BCUT2D eigenvalue weighted by Crippen LogP contribution is -2.31. The molecule has 1 saturated heterocycles. The molecule has 0 bridgehead atoms. The number of para-hydroxylation sites is 1. The molecule has 6 nitrogen and oxygen atoms in total. The molecular formula is C22H22ClN5O. The third-order valence-electron chi connectivity index (χ3n) is 5.93. The van der Waals surface area contributed by atoms with E-state index in [1.807, 2.05) is 53.1 Å². The van der Waals surface area contributed by atoms with Crippen LogP contribution in [-0.2, 0) is 19.5 Å². The van der Waals surface area contributed by atoms with Crippen LogP contribution in [-0.4, -0.2) is 38.7 Å². The molecule has 0 radical (unpaired) electrons. The average molecular weight is 408 g/mol. The Morgan fingerprint density at radius 1 is 1.00 bits per heavy atom. The number of hydrogen-bond acceptors (Lipinski definition) is 4. The molecule has 1 fully saturated rings. The summed E-state index contributed by atoms with van der Waals surface area (Å²) in [5.74, 6) is 2.12. The van der Waals surface area contributed by atoms with Crippen molar-refractivity contribution in [1.82, 2.24) is 19.7 Å². The van der Waals surface area contributed by atoms with Gasteiger partial charge in [-0.15, -0.1) is 10.2 Å². The number of fused-ring (bicyclic) bond motifs is 2. The van der Waals surface area contributed by atoms with Crippen LogP contribution in [0.4, 0.5) is 5.69 Å². The minimum Gasteiger partial charge on any atom is -0.319 e. The summed E-state index contributed by atoms with van der Waals surface area (Å²) in [5.41, 5.74) is 1.92. The zero-order valence-electron chi connectivity index (χ0n) is 16.0. The minimum atomic E-state index is -0.209. The number of rotatable bonds is 4. The summed E-state index contributed by atoms with van der Waals surface area (Å²) in [6, 6.07) is 17.5. The molecule has 1 N–H and O–H groups in total. The highest BCUT2D eigenvalue weighted by Crippen LogP contribution is 2.34. The van der Waals surface area contributed by atoms with Gasteiger partial charge in [-0.1, -0.05) is 48.0 Å². The fourth-order valence-corrected chi connectivity index (χ4v) is 4.69. The van der Waals surface area contributed by atoms with Crippen molar-refractivity contribution in [1.29, 1.82) is 0 Å². The van der Waals surface area contributed by atoms with Crippen LogP contribution in [0.3, 0.4) is 0 Å². The Morgan fingerprint density at radius 2 is 1.76 bits per heavy atom. The van der Waals surface area contributed by atoms with Crippen molar-refractivity contribution in [2.24, 2.45) is 11.8 Å². The Balaban J connectivity index is 1.29. The van der Waals surface area contributed by atoms with Gasteiger partial charge in [0.05, 0.1) is 0 Å². The van der Waals surface area contributed by atoms with Crippen LogP contribution in [0.1, 0.15) is 22.0 Å². The largest absolute Gasteiger partial charge is 0.319 e. The van der Waals surface area contributed by atoms with E-state index in [1.54, 1.807) is 0 Å². The molecule has 3 aromatic rings. The summed E-state index contributed by atoms with van der Waals surface area (Å²) in [6.45, 7) is 3.65. The van der Waals surface area contributed by atoms with Crippen LogP contribution in [0.25, 0.3) is 0 Å². The molecular weight excluding hydrogens is 386 g/mol. The van der Waals surface area contributed by atoms with Gasteiger partial charge in [0, 0.05) is 43.3 Å². The highest BCUT2D eigenvalue weighted by molar-refractivity contribution is 6.31. The van der Waals surface area contributed by atoms with Crippen LogP contribution >= 0.6 is 11.6 Å². The van der Waals surface area contributed by atoms with E-state index in [-0.39, 0.29) is 5.91 Å². The molecule has 0 aliphatic carbocycles. The first kappa shape index (κ1) is 18.3. The molecule has 2 atom stereocenters. The van der Waals surface area contributed by atoms with Crippen molar-refractivity contribution >= 4 is 23.2 Å². The molecule has 0 spiro atoms. The molecule has 0 saturated carbocycles. The van der Waals surface area contributed by atoms with E-state index in [1.165, 1.54) is 0 Å². The number of anilines is 1. The average Bonchev–Trinajstić information content (AvgIpc) is 3.31. The van der Waals surface area contributed by atoms with Crippen LogP contribution in [0, 0.1) is 11.8 Å². The van der Waals surface area contributed by atoms with Crippen molar-refractivity contribution < 1.29 is 4.79 Å². The van der Waals surface area contributed by atoms with Crippen molar-refractivity contribution in [2.45, 2.75) is 19.5 Å². The highest BCUT2D eigenvalue weighted by Gasteiger charge is 2.39. The maximum atomic E-state index is 12.7. The Kier molecular flexibility index (Phi) is 4.81. The Bertz CT molecular complexity index is 1030. The summed E-state index contributed by atoms with van der Waals surface area (Å²) in [5, 5.41) is 12.2. The predicted molar refractivity (Wildman–Crippen MR) is 112 cm³/mol. The summed E-state index contributed by atoms with van der Waals surface area (Å²) in [6.07, 6.45) is 0.856. The number of carbonyl (C=O) groups excluding carboxylic acids is 1. The van der Waals surface area contributed by atoms with Crippen LogP contribution in [0.2, 0.25) is 5.02 Å². The van der Waals surface area contributed by atoms with E-state index >= 15 is 0 Å². The first-order valence-electron chi connectivity index (χ1n) is 9.91. The van der Waals surface area contributed by atoms with Gasteiger partial charge in [0.2, 0.25) is 5.82 Å². The summed E-state index contributed by atoms with van der Waals surface area (Å²) >= 11 is 6.34. The molecule has 2 aliphatic rings. The van der Waals surface area contributed by atoms with Gasteiger partial charge in [-0.2, -0.15) is 0 Å². The van der Waals surface area contributed by atoms with Gasteiger partial charge in [-0.25, -0.2) is 0 Å². The van der Waals surface area contributed by atoms with E-state index < -0.39 is 0 Å². The maximum Gasteiger partial charge on any atom is 0.293 e. The minimum absolute atomic E-state index is 0.209. The molecule has 2 aromatic carbocycles. The highest BCUT2D eigenvalue weighted by atomic mass is 35.5. The van der Waals surface area contributed by atoms with Gasteiger partial charge in [-0.05, 0) is 35.6 Å². The van der Waals surface area contributed by atoms with E-state index in [9.17, 15) is 4.79 Å². The van der Waals surface area contributed by atoms with E-state index in [2.05, 4.69) is 26.5 Å². The van der Waals surface area contributed by atoms with Crippen LogP contribution in [0.5, 0.6) is 0 Å². The van der Waals surface area contributed by atoms with E-state index in [4.69, 9.17) is 11.6 Å². The fourth-order valence-electron chi connectivity index (χ4n) is 4.49. The molecule has 148 valence electrons. The van der Waals surface area contributed by atoms with E-state index in [0.717, 1.165) is 54.7 Å². The summed E-state index contributed by atoms with van der Waals surface area (Å²) in [4.78, 5) is 15.2. The zero-order valence-corrected chi connectivity index (χ0v) is 16.7. The van der Waals surface area contributed by atoms with Crippen molar-refractivity contribution in [3.05, 3.63) is 76.8 Å². The topological polar surface area (TPSA) is 63.1 Å². The van der Waals surface area contributed by atoms with Crippen molar-refractivity contribution in [3.63, 3.8) is 0 Å². The number of benzene rings is 2. The quantitative estimate of drug-likeness (QED) is 0.719. The predicted octanol–water partition coefficient (Wildman–Crippen LogP) is 3.49. The molecule has 1 amide bonds. The Labute approximate surface area is 174 Å². The lowest BCUT2D eigenvalue weighted by Gasteiger charge is -2.25. The molecule has 2 aliphatic heterocycles. The van der Waals surface area contributed by atoms with Gasteiger partial charge < -0.3 is 9.88 Å². The third kappa shape index (κ3) is 3.66. The number of aromatic nitrogens is 3. The number of nitrogens with zero attached hydrogens (tertiary/aromatic N) is 4. The third-order valence-corrected chi connectivity index (χ3v) is 6.30. The van der Waals surface area contributed by atoms with Crippen molar-refractivity contribution in [3.8, 4) is 0 Å². The number of nitrogens with one attached hydrogen (secondary N) is 1. The Hall–Kier alpha value is -2.70. The molecule has 7 heteroatoms. The van der Waals surface area contributed by atoms with Crippen LogP contribution in [0.15, 0.2) is 54.6 Å². The molecule has 29 heavy (non-hydrogen) atoms. The number of halogens is 1. The molecule has 1 aromatic heterocycles. The SMILES string of the molecule is O=C(Nc1ccccc1)c1nnc2n1C[C@H]1CN(Cc3ccccc3Cl)C[C@H]1C2. The first-order valence-corrected chi connectivity index (χ1v) is 10.3.